The molecule has 10 heteroatoms. The van der Waals surface area contributed by atoms with E-state index in [2.05, 4.69) is 26.1 Å². The number of hydrogen-bond acceptors (Lipinski definition) is 7. The second kappa shape index (κ2) is 7.95. The molecule has 0 bridgehead atoms. The Morgan fingerprint density at radius 1 is 1.36 bits per heavy atom. The largest absolute Gasteiger partial charge is 0.444 e. The first-order valence-corrected chi connectivity index (χ1v) is 8.05. The Hall–Kier alpha value is -2.65. The van der Waals surface area contributed by atoms with Gasteiger partial charge in [0.25, 0.3) is 0 Å². The highest BCUT2D eigenvalue weighted by atomic mass is 16.6. The van der Waals surface area contributed by atoms with E-state index >= 15 is 0 Å². The molecule has 2 heterocycles. The van der Waals surface area contributed by atoms with Crippen LogP contribution in [-0.4, -0.2) is 46.7 Å². The van der Waals surface area contributed by atoms with Crippen LogP contribution in [0.5, 0.6) is 0 Å². The first-order valence-electron chi connectivity index (χ1n) is 8.05. The van der Waals surface area contributed by atoms with Gasteiger partial charge in [-0.15, -0.1) is 0 Å². The van der Waals surface area contributed by atoms with Gasteiger partial charge in [0.2, 0.25) is 17.7 Å². The summed E-state index contributed by atoms with van der Waals surface area (Å²) in [7, 11) is 0. The molecule has 3 amide bonds. The van der Waals surface area contributed by atoms with Crippen LogP contribution >= 0.6 is 0 Å². The van der Waals surface area contributed by atoms with Gasteiger partial charge in [-0.3, -0.25) is 9.59 Å². The summed E-state index contributed by atoms with van der Waals surface area (Å²) in [5.74, 6) is 0.181. The zero-order valence-corrected chi connectivity index (χ0v) is 14.5. The monoisotopic (exact) mass is 353 g/mol. The summed E-state index contributed by atoms with van der Waals surface area (Å²) in [6.45, 7) is 5.60. The van der Waals surface area contributed by atoms with Gasteiger partial charge in [-0.05, 0) is 27.2 Å². The van der Waals surface area contributed by atoms with Crippen molar-refractivity contribution < 1.29 is 23.6 Å². The number of carbonyl (C=O) groups excluding carboxylic acids is 3. The predicted octanol–water partition coefficient (Wildman–Crippen LogP) is 0.204. The summed E-state index contributed by atoms with van der Waals surface area (Å²) < 4.78 is 10.1. The molecule has 1 atom stereocenters. The van der Waals surface area contributed by atoms with Gasteiger partial charge >= 0.3 is 6.09 Å². The maximum atomic E-state index is 11.7. The van der Waals surface area contributed by atoms with E-state index < -0.39 is 17.6 Å². The van der Waals surface area contributed by atoms with Crippen molar-refractivity contribution in [3.8, 4) is 0 Å². The fourth-order valence-electron chi connectivity index (χ4n) is 2.21. The van der Waals surface area contributed by atoms with Crippen molar-refractivity contribution >= 4 is 17.9 Å². The van der Waals surface area contributed by atoms with Crippen molar-refractivity contribution in [1.29, 1.82) is 0 Å². The molecule has 0 spiro atoms. The summed E-state index contributed by atoms with van der Waals surface area (Å²) in [6, 6.07) is 0. The molecule has 138 valence electrons. The Labute approximate surface area is 145 Å². The molecule has 0 aliphatic carbocycles. The summed E-state index contributed by atoms with van der Waals surface area (Å²) in [5.41, 5.74) is -0.628. The molecule has 1 aliphatic rings. The minimum absolute atomic E-state index is 0.0379. The molecular weight excluding hydrogens is 330 g/mol. The van der Waals surface area contributed by atoms with E-state index in [9.17, 15) is 14.4 Å². The number of nitrogens with zero attached hydrogens (tertiary/aromatic N) is 2. The quantitative estimate of drug-likeness (QED) is 0.688. The van der Waals surface area contributed by atoms with Crippen LogP contribution in [0.25, 0.3) is 0 Å². The van der Waals surface area contributed by atoms with Crippen LogP contribution in [0, 0.1) is 0 Å². The third kappa shape index (κ3) is 6.40. The Balaban J connectivity index is 1.73. The number of rotatable bonds is 5. The summed E-state index contributed by atoms with van der Waals surface area (Å²) >= 11 is 0. The molecule has 1 aliphatic heterocycles. The lowest BCUT2D eigenvalue weighted by Crippen LogP contribution is -2.39. The van der Waals surface area contributed by atoms with Crippen molar-refractivity contribution in [2.45, 2.75) is 51.7 Å². The molecule has 10 nitrogen and oxygen atoms in total. The summed E-state index contributed by atoms with van der Waals surface area (Å²) in [6.07, 6.45) is 0.403. The fourth-order valence-corrected chi connectivity index (χ4v) is 2.21. The van der Waals surface area contributed by atoms with Gasteiger partial charge in [0, 0.05) is 18.9 Å². The Morgan fingerprint density at radius 3 is 2.80 bits per heavy atom. The van der Waals surface area contributed by atoms with E-state index in [1.807, 2.05) is 0 Å². The molecule has 1 unspecified atom stereocenters. The number of carbonyl (C=O) groups is 3. The lowest BCUT2D eigenvalue weighted by molar-refractivity contribution is -0.122. The number of amides is 3. The molecular formula is C15H23N5O5. The van der Waals surface area contributed by atoms with Crippen LogP contribution in [0.2, 0.25) is 0 Å². The average molecular weight is 353 g/mol. The lowest BCUT2D eigenvalue weighted by atomic mass is 9.97. The molecule has 2 rings (SSSR count). The summed E-state index contributed by atoms with van der Waals surface area (Å²) in [5, 5.41) is 11.5. The highest BCUT2D eigenvalue weighted by Gasteiger charge is 2.25. The third-order valence-electron chi connectivity index (χ3n) is 3.32. The van der Waals surface area contributed by atoms with Gasteiger partial charge in [-0.2, -0.15) is 4.98 Å². The second-order valence-electron chi connectivity index (χ2n) is 6.72. The maximum Gasteiger partial charge on any atom is 0.408 e. The Bertz CT molecular complexity index is 637. The molecule has 0 aromatic carbocycles. The number of ether oxygens (including phenoxy) is 1. The third-order valence-corrected chi connectivity index (χ3v) is 3.32. The minimum atomic E-state index is -0.668. The normalized spacial score (nSPS) is 17.6. The van der Waals surface area contributed by atoms with Crippen LogP contribution in [0.3, 0.4) is 0 Å². The van der Waals surface area contributed by atoms with E-state index in [1.54, 1.807) is 20.8 Å². The fraction of sp³-hybridized carbons (Fsp3) is 0.667. The van der Waals surface area contributed by atoms with Gasteiger partial charge in [0.15, 0.2) is 5.82 Å². The number of piperidine rings is 1. The molecule has 0 saturated carbocycles. The maximum absolute atomic E-state index is 11.7. The summed E-state index contributed by atoms with van der Waals surface area (Å²) in [4.78, 5) is 38.8. The minimum Gasteiger partial charge on any atom is -0.444 e. The standard InChI is InChI=1S/C15H23N5O5/c1-15(2,3)24-14(23)18-7-11(22)17-8-12-19-13(20-25-12)9-4-5-16-10(21)6-9/h9H,4-8H2,1-3H3,(H,16,21)(H,17,22)(H,18,23). The zero-order valence-electron chi connectivity index (χ0n) is 14.5. The topological polar surface area (TPSA) is 135 Å². The van der Waals surface area contributed by atoms with Gasteiger partial charge < -0.3 is 25.2 Å². The van der Waals surface area contributed by atoms with Crippen molar-refractivity contribution in [3.63, 3.8) is 0 Å². The van der Waals surface area contributed by atoms with Crippen molar-refractivity contribution in [2.24, 2.45) is 0 Å². The van der Waals surface area contributed by atoms with Gasteiger partial charge in [-0.1, -0.05) is 5.16 Å². The van der Waals surface area contributed by atoms with Crippen LogP contribution < -0.4 is 16.0 Å². The lowest BCUT2D eigenvalue weighted by Gasteiger charge is -2.19. The molecule has 1 aromatic heterocycles. The van der Waals surface area contributed by atoms with Gasteiger partial charge in [-0.25, -0.2) is 4.79 Å². The first-order chi connectivity index (χ1) is 11.7. The molecule has 1 fully saturated rings. The first kappa shape index (κ1) is 18.7. The number of nitrogens with one attached hydrogen (secondary N) is 3. The molecule has 1 saturated heterocycles. The van der Waals surface area contributed by atoms with E-state index in [0.29, 0.717) is 18.8 Å². The SMILES string of the molecule is CC(C)(C)OC(=O)NCC(=O)NCc1nc(C2CCNC(=O)C2)no1. The van der Waals surface area contributed by atoms with E-state index in [4.69, 9.17) is 9.26 Å². The van der Waals surface area contributed by atoms with Crippen LogP contribution in [0.1, 0.15) is 51.2 Å². The Morgan fingerprint density at radius 2 is 2.12 bits per heavy atom. The van der Waals surface area contributed by atoms with E-state index in [0.717, 1.165) is 6.42 Å². The highest BCUT2D eigenvalue weighted by molar-refractivity contribution is 5.82. The van der Waals surface area contributed by atoms with Crippen molar-refractivity contribution in [1.82, 2.24) is 26.1 Å². The van der Waals surface area contributed by atoms with Crippen molar-refractivity contribution in [2.75, 3.05) is 13.1 Å². The smallest absolute Gasteiger partial charge is 0.408 e. The van der Waals surface area contributed by atoms with Crippen LogP contribution in [0.15, 0.2) is 4.52 Å². The zero-order chi connectivity index (χ0) is 18.4. The predicted molar refractivity (Wildman–Crippen MR) is 85.4 cm³/mol. The highest BCUT2D eigenvalue weighted by Crippen LogP contribution is 2.22. The Kier molecular flexibility index (Phi) is 5.94. The van der Waals surface area contributed by atoms with Gasteiger partial charge in [0.05, 0.1) is 6.54 Å². The second-order valence-corrected chi connectivity index (χ2v) is 6.72. The van der Waals surface area contributed by atoms with Crippen LogP contribution in [0.4, 0.5) is 4.79 Å². The van der Waals surface area contributed by atoms with Crippen LogP contribution in [-0.2, 0) is 20.9 Å². The molecule has 0 radical (unpaired) electrons. The number of aromatic nitrogens is 2. The van der Waals surface area contributed by atoms with E-state index in [1.165, 1.54) is 0 Å². The van der Waals surface area contributed by atoms with Crippen molar-refractivity contribution in [3.05, 3.63) is 11.7 Å². The average Bonchev–Trinajstić information content (AvgIpc) is 2.98. The number of alkyl carbamates (subject to hydrolysis) is 1. The number of hydrogen-bond donors (Lipinski definition) is 3. The van der Waals surface area contributed by atoms with Gasteiger partial charge in [0.1, 0.15) is 12.1 Å². The molecule has 25 heavy (non-hydrogen) atoms. The molecule has 3 N–H and O–H groups in total. The molecule has 1 aromatic rings. The van der Waals surface area contributed by atoms with E-state index in [-0.39, 0.29) is 30.8 Å².